The molecule has 0 N–H and O–H groups in total. The van der Waals surface area contributed by atoms with Crippen molar-refractivity contribution in [2.24, 2.45) is 0 Å². The Labute approximate surface area is 116 Å². The summed E-state index contributed by atoms with van der Waals surface area (Å²) in [4.78, 5) is 14.2. The standard InChI is InChI=1S/C17H12N2O/c18-11-14-6-3-4-8-16(14)17(20)19-10-9-13-5-1-2-7-15(13)12-19/h1-9,12H,10H2. The zero-order chi connectivity index (χ0) is 13.9. The van der Waals surface area contributed by atoms with Gasteiger partial charge in [0.2, 0.25) is 0 Å². The summed E-state index contributed by atoms with van der Waals surface area (Å²) in [5.74, 6) is -0.145. The summed E-state index contributed by atoms with van der Waals surface area (Å²) in [7, 11) is 0. The van der Waals surface area contributed by atoms with E-state index < -0.39 is 0 Å². The van der Waals surface area contributed by atoms with Crippen LogP contribution in [0.5, 0.6) is 0 Å². The van der Waals surface area contributed by atoms with Crippen molar-refractivity contribution in [3.8, 4) is 6.07 Å². The quantitative estimate of drug-likeness (QED) is 0.774. The molecule has 0 unspecified atom stereocenters. The van der Waals surface area contributed by atoms with Crippen LogP contribution >= 0.6 is 0 Å². The molecule has 0 fully saturated rings. The van der Waals surface area contributed by atoms with Crippen molar-refractivity contribution < 1.29 is 4.79 Å². The van der Waals surface area contributed by atoms with E-state index in [2.05, 4.69) is 6.07 Å². The number of hydrogen-bond donors (Lipinski definition) is 0. The van der Waals surface area contributed by atoms with E-state index in [9.17, 15) is 4.79 Å². The van der Waals surface area contributed by atoms with Crippen LogP contribution in [-0.4, -0.2) is 17.4 Å². The van der Waals surface area contributed by atoms with E-state index in [0.29, 0.717) is 17.7 Å². The van der Waals surface area contributed by atoms with Crippen LogP contribution in [0.15, 0.2) is 48.5 Å². The second-order valence-electron chi connectivity index (χ2n) is 4.58. The number of nitriles is 1. The van der Waals surface area contributed by atoms with Gasteiger partial charge in [-0.25, -0.2) is 0 Å². The van der Waals surface area contributed by atoms with Gasteiger partial charge in [-0.05, 0) is 22.6 Å². The molecule has 1 aliphatic heterocycles. The fraction of sp³-hybridized carbons (Fsp3) is 0.0588. The van der Waals surface area contributed by atoms with Gasteiger partial charge in [0.1, 0.15) is 0 Å². The zero-order valence-corrected chi connectivity index (χ0v) is 10.8. The third kappa shape index (κ3) is 2.08. The molecule has 0 saturated heterocycles. The minimum Gasteiger partial charge on any atom is -0.311 e. The van der Waals surface area contributed by atoms with Gasteiger partial charge in [0, 0.05) is 12.7 Å². The Morgan fingerprint density at radius 2 is 1.75 bits per heavy atom. The maximum Gasteiger partial charge on any atom is 0.259 e. The number of rotatable bonds is 1. The highest BCUT2D eigenvalue weighted by molar-refractivity contribution is 5.99. The van der Waals surface area contributed by atoms with Gasteiger partial charge in [-0.15, -0.1) is 0 Å². The summed E-state index contributed by atoms with van der Waals surface area (Å²) in [6, 6.07) is 16.9. The van der Waals surface area contributed by atoms with Gasteiger partial charge in [-0.3, -0.25) is 4.79 Å². The normalized spacial score (nSPS) is 12.7. The summed E-state index contributed by atoms with van der Waals surface area (Å²) < 4.78 is 0. The summed E-state index contributed by atoms with van der Waals surface area (Å²) in [5, 5.41) is 11.2. The minimum absolute atomic E-state index is 0.145. The van der Waals surface area contributed by atoms with Crippen LogP contribution in [0, 0.1) is 11.3 Å². The number of fused-ring (bicyclic) bond motifs is 1. The van der Waals surface area contributed by atoms with E-state index >= 15 is 0 Å². The van der Waals surface area contributed by atoms with Crippen LogP contribution in [-0.2, 0) is 0 Å². The van der Waals surface area contributed by atoms with Crippen molar-refractivity contribution in [3.05, 3.63) is 70.1 Å². The largest absolute Gasteiger partial charge is 0.311 e. The third-order valence-electron chi connectivity index (χ3n) is 3.34. The maximum absolute atomic E-state index is 12.5. The summed E-state index contributed by atoms with van der Waals surface area (Å²) in [6.07, 6.45) is 3.86. The maximum atomic E-state index is 12.5. The SMILES string of the molecule is N#Cc1ccccc1C(=O)N1C=c2ccccc2=CC1. The highest BCUT2D eigenvalue weighted by atomic mass is 16.2. The molecule has 3 nitrogen and oxygen atoms in total. The fourth-order valence-corrected chi connectivity index (χ4v) is 2.30. The average Bonchev–Trinajstić information content (AvgIpc) is 2.53. The molecule has 3 heteroatoms. The Hall–Kier alpha value is -2.86. The first-order valence-corrected chi connectivity index (χ1v) is 6.37. The van der Waals surface area contributed by atoms with E-state index in [1.54, 1.807) is 29.2 Å². The first-order chi connectivity index (χ1) is 9.79. The number of nitrogens with zero attached hydrogens (tertiary/aromatic N) is 2. The highest BCUT2D eigenvalue weighted by Crippen LogP contribution is 2.11. The monoisotopic (exact) mass is 260 g/mol. The lowest BCUT2D eigenvalue weighted by Gasteiger charge is -2.19. The lowest BCUT2D eigenvalue weighted by Crippen LogP contribution is -2.38. The van der Waals surface area contributed by atoms with E-state index in [1.807, 2.05) is 36.5 Å². The lowest BCUT2D eigenvalue weighted by molar-refractivity contribution is 0.0855. The lowest BCUT2D eigenvalue weighted by atomic mass is 10.1. The van der Waals surface area contributed by atoms with E-state index in [1.165, 1.54) is 0 Å². The summed E-state index contributed by atoms with van der Waals surface area (Å²) in [5.41, 5.74) is 0.851. The van der Waals surface area contributed by atoms with Gasteiger partial charge in [0.25, 0.3) is 5.91 Å². The molecule has 1 heterocycles. The zero-order valence-electron chi connectivity index (χ0n) is 10.8. The molecule has 0 atom stereocenters. The first kappa shape index (κ1) is 12.2. The van der Waals surface area contributed by atoms with Gasteiger partial charge in [0.15, 0.2) is 0 Å². The van der Waals surface area contributed by atoms with Crippen LogP contribution in [0.2, 0.25) is 0 Å². The number of amides is 1. The van der Waals surface area contributed by atoms with Crippen LogP contribution in [0.3, 0.4) is 0 Å². The molecule has 0 saturated carbocycles. The molecule has 2 aromatic rings. The van der Waals surface area contributed by atoms with E-state index in [-0.39, 0.29) is 5.91 Å². The number of carbonyl (C=O) groups is 1. The van der Waals surface area contributed by atoms with Crippen LogP contribution in [0.1, 0.15) is 15.9 Å². The van der Waals surface area contributed by atoms with E-state index in [4.69, 9.17) is 5.26 Å². The molecular formula is C17H12N2O. The number of benzene rings is 2. The van der Waals surface area contributed by atoms with Crippen molar-refractivity contribution in [2.45, 2.75) is 0 Å². The van der Waals surface area contributed by atoms with Crippen molar-refractivity contribution in [3.63, 3.8) is 0 Å². The average molecular weight is 260 g/mol. The Morgan fingerprint density at radius 1 is 1.05 bits per heavy atom. The molecule has 1 amide bonds. The summed E-state index contributed by atoms with van der Waals surface area (Å²) >= 11 is 0. The van der Waals surface area contributed by atoms with Crippen LogP contribution < -0.4 is 10.4 Å². The minimum atomic E-state index is -0.145. The van der Waals surface area contributed by atoms with Gasteiger partial charge in [-0.1, -0.05) is 42.5 Å². The molecule has 96 valence electrons. The van der Waals surface area contributed by atoms with Gasteiger partial charge in [-0.2, -0.15) is 5.26 Å². The Morgan fingerprint density at radius 3 is 2.55 bits per heavy atom. The topological polar surface area (TPSA) is 44.1 Å². The molecular weight excluding hydrogens is 248 g/mol. The molecule has 3 rings (SSSR count). The Kier molecular flexibility index (Phi) is 3.06. The highest BCUT2D eigenvalue weighted by Gasteiger charge is 2.17. The van der Waals surface area contributed by atoms with Crippen molar-refractivity contribution in [1.29, 1.82) is 5.26 Å². The van der Waals surface area contributed by atoms with Gasteiger partial charge in [0.05, 0.1) is 17.2 Å². The van der Waals surface area contributed by atoms with Crippen LogP contribution in [0.25, 0.3) is 12.3 Å². The van der Waals surface area contributed by atoms with Crippen molar-refractivity contribution >= 4 is 18.2 Å². The van der Waals surface area contributed by atoms with Crippen molar-refractivity contribution in [2.75, 3.05) is 6.54 Å². The molecule has 0 aliphatic carbocycles. The smallest absolute Gasteiger partial charge is 0.259 e. The third-order valence-corrected chi connectivity index (χ3v) is 3.34. The van der Waals surface area contributed by atoms with Gasteiger partial charge >= 0.3 is 0 Å². The number of hydrogen-bond acceptors (Lipinski definition) is 2. The molecule has 0 bridgehead atoms. The van der Waals surface area contributed by atoms with Gasteiger partial charge < -0.3 is 4.90 Å². The predicted octanol–water partition coefficient (Wildman–Crippen LogP) is 1.23. The Bertz CT molecular complexity index is 831. The summed E-state index contributed by atoms with van der Waals surface area (Å²) in [6.45, 7) is 0.523. The molecule has 20 heavy (non-hydrogen) atoms. The molecule has 0 spiro atoms. The molecule has 0 radical (unpaired) electrons. The first-order valence-electron chi connectivity index (χ1n) is 6.37. The molecule has 1 aliphatic rings. The second-order valence-corrected chi connectivity index (χ2v) is 4.58. The number of carbonyl (C=O) groups excluding carboxylic acids is 1. The molecule has 2 aromatic carbocycles. The predicted molar refractivity (Wildman–Crippen MR) is 76.8 cm³/mol. The molecule has 0 aromatic heterocycles. The Balaban J connectivity index is 2.02. The van der Waals surface area contributed by atoms with E-state index in [0.717, 1.165) is 10.4 Å². The fourth-order valence-electron chi connectivity index (χ4n) is 2.30. The van der Waals surface area contributed by atoms with Crippen molar-refractivity contribution in [1.82, 2.24) is 4.90 Å². The van der Waals surface area contributed by atoms with Crippen LogP contribution in [0.4, 0.5) is 0 Å². The second kappa shape index (κ2) is 5.02.